The molecule has 2 aromatic rings. The second-order valence-electron chi connectivity index (χ2n) is 5.96. The second-order valence-corrected chi connectivity index (χ2v) is 5.96. The van der Waals surface area contributed by atoms with E-state index in [0.717, 1.165) is 0 Å². The molecular formula is C18H21FN2O4. The SMILES string of the molecule is CC(C)C(NC(=O)c1ccc(F)cc1)C(=O)NC(CO)c1ccco1. The lowest BCUT2D eigenvalue weighted by Gasteiger charge is -2.24. The third-order valence-electron chi connectivity index (χ3n) is 3.73. The number of halogens is 1. The molecule has 0 radical (unpaired) electrons. The Morgan fingerprint density at radius 2 is 1.84 bits per heavy atom. The van der Waals surface area contributed by atoms with E-state index in [-0.39, 0.29) is 18.1 Å². The van der Waals surface area contributed by atoms with Gasteiger partial charge < -0.3 is 20.2 Å². The Kier molecular flexibility index (Phi) is 6.30. The number of aliphatic hydroxyl groups excluding tert-OH is 1. The van der Waals surface area contributed by atoms with Crippen molar-refractivity contribution in [1.29, 1.82) is 0 Å². The maximum Gasteiger partial charge on any atom is 0.251 e. The van der Waals surface area contributed by atoms with Gasteiger partial charge in [-0.15, -0.1) is 0 Å². The van der Waals surface area contributed by atoms with Gasteiger partial charge in [-0.2, -0.15) is 0 Å². The quantitative estimate of drug-likeness (QED) is 0.714. The van der Waals surface area contributed by atoms with Crippen LogP contribution in [0.25, 0.3) is 0 Å². The molecule has 1 aromatic heterocycles. The molecule has 2 unspecified atom stereocenters. The van der Waals surface area contributed by atoms with Crippen LogP contribution >= 0.6 is 0 Å². The lowest BCUT2D eigenvalue weighted by atomic mass is 10.0. The van der Waals surface area contributed by atoms with Crippen molar-refractivity contribution in [3.05, 3.63) is 59.8 Å². The van der Waals surface area contributed by atoms with Gasteiger partial charge in [-0.3, -0.25) is 9.59 Å². The van der Waals surface area contributed by atoms with Gasteiger partial charge in [0.25, 0.3) is 5.91 Å². The number of aliphatic hydroxyl groups is 1. The molecule has 0 spiro atoms. The van der Waals surface area contributed by atoms with Crippen molar-refractivity contribution in [3.63, 3.8) is 0 Å². The van der Waals surface area contributed by atoms with E-state index in [1.807, 2.05) is 0 Å². The lowest BCUT2D eigenvalue weighted by molar-refractivity contribution is -0.125. The first kappa shape index (κ1) is 18.7. The zero-order chi connectivity index (χ0) is 18.4. The van der Waals surface area contributed by atoms with E-state index in [0.29, 0.717) is 5.76 Å². The molecular weight excluding hydrogens is 327 g/mol. The molecule has 2 atom stereocenters. The smallest absolute Gasteiger partial charge is 0.251 e. The highest BCUT2D eigenvalue weighted by molar-refractivity contribution is 5.97. The molecule has 7 heteroatoms. The molecule has 0 saturated heterocycles. The average molecular weight is 348 g/mol. The maximum absolute atomic E-state index is 13.0. The first-order valence-corrected chi connectivity index (χ1v) is 7.93. The predicted octanol–water partition coefficient (Wildman–Crippen LogP) is 2.02. The van der Waals surface area contributed by atoms with Crippen LogP contribution in [0.4, 0.5) is 4.39 Å². The van der Waals surface area contributed by atoms with Gasteiger partial charge in [-0.25, -0.2) is 4.39 Å². The third-order valence-corrected chi connectivity index (χ3v) is 3.73. The zero-order valence-electron chi connectivity index (χ0n) is 14.0. The van der Waals surface area contributed by atoms with E-state index in [1.165, 1.54) is 30.5 Å². The Balaban J connectivity index is 2.07. The minimum absolute atomic E-state index is 0.194. The van der Waals surface area contributed by atoms with E-state index >= 15 is 0 Å². The highest BCUT2D eigenvalue weighted by atomic mass is 19.1. The number of furan rings is 1. The molecule has 0 saturated carbocycles. The molecule has 0 aliphatic heterocycles. The Labute approximate surface area is 145 Å². The van der Waals surface area contributed by atoms with Gasteiger partial charge in [0, 0.05) is 5.56 Å². The van der Waals surface area contributed by atoms with Crippen molar-refractivity contribution in [2.75, 3.05) is 6.61 Å². The third kappa shape index (κ3) is 4.90. The monoisotopic (exact) mass is 348 g/mol. The number of rotatable bonds is 7. The predicted molar refractivity (Wildman–Crippen MR) is 89.2 cm³/mol. The van der Waals surface area contributed by atoms with Gasteiger partial charge in [0.1, 0.15) is 23.7 Å². The summed E-state index contributed by atoms with van der Waals surface area (Å²) in [6.45, 7) is 3.24. The van der Waals surface area contributed by atoms with Gasteiger partial charge in [0.05, 0.1) is 12.9 Å². The van der Waals surface area contributed by atoms with E-state index in [1.54, 1.807) is 26.0 Å². The lowest BCUT2D eigenvalue weighted by Crippen LogP contribution is -2.50. The maximum atomic E-state index is 13.0. The van der Waals surface area contributed by atoms with E-state index < -0.39 is 29.7 Å². The molecule has 3 N–H and O–H groups in total. The Morgan fingerprint density at radius 1 is 1.16 bits per heavy atom. The number of benzene rings is 1. The molecule has 0 fully saturated rings. The normalized spacial score (nSPS) is 13.3. The summed E-state index contributed by atoms with van der Waals surface area (Å²) in [6.07, 6.45) is 1.44. The van der Waals surface area contributed by atoms with Gasteiger partial charge in [-0.1, -0.05) is 13.8 Å². The summed E-state index contributed by atoms with van der Waals surface area (Å²) in [6, 6.07) is 6.82. The van der Waals surface area contributed by atoms with Crippen molar-refractivity contribution >= 4 is 11.8 Å². The fourth-order valence-electron chi connectivity index (χ4n) is 2.32. The van der Waals surface area contributed by atoms with Crippen LogP contribution in [0.2, 0.25) is 0 Å². The fourth-order valence-corrected chi connectivity index (χ4v) is 2.32. The molecule has 2 rings (SSSR count). The number of nitrogens with one attached hydrogen (secondary N) is 2. The summed E-state index contributed by atoms with van der Waals surface area (Å²) in [7, 11) is 0. The van der Waals surface area contributed by atoms with E-state index in [9.17, 15) is 19.1 Å². The molecule has 25 heavy (non-hydrogen) atoms. The summed E-state index contributed by atoms with van der Waals surface area (Å²) < 4.78 is 18.1. The first-order valence-electron chi connectivity index (χ1n) is 7.93. The van der Waals surface area contributed by atoms with E-state index in [4.69, 9.17) is 4.42 Å². The molecule has 0 aliphatic rings. The minimum atomic E-state index is -0.818. The summed E-state index contributed by atoms with van der Waals surface area (Å²) >= 11 is 0. The van der Waals surface area contributed by atoms with Crippen LogP contribution in [0.1, 0.15) is 36.0 Å². The molecule has 6 nitrogen and oxygen atoms in total. The largest absolute Gasteiger partial charge is 0.467 e. The molecule has 1 aromatic carbocycles. The highest BCUT2D eigenvalue weighted by Crippen LogP contribution is 2.14. The fraction of sp³-hybridized carbons (Fsp3) is 0.333. The van der Waals surface area contributed by atoms with Gasteiger partial charge in [0.2, 0.25) is 5.91 Å². The minimum Gasteiger partial charge on any atom is -0.467 e. The molecule has 0 aliphatic carbocycles. The van der Waals surface area contributed by atoms with Crippen LogP contribution in [0.5, 0.6) is 0 Å². The van der Waals surface area contributed by atoms with Gasteiger partial charge in [0.15, 0.2) is 0 Å². The first-order chi connectivity index (χ1) is 11.9. The van der Waals surface area contributed by atoms with Crippen LogP contribution in [0.15, 0.2) is 47.1 Å². The summed E-state index contributed by atoms with van der Waals surface area (Å²) in [4.78, 5) is 24.8. The molecule has 1 heterocycles. The number of hydrogen-bond donors (Lipinski definition) is 3. The van der Waals surface area contributed by atoms with Crippen LogP contribution in [0.3, 0.4) is 0 Å². The topological polar surface area (TPSA) is 91.6 Å². The Bertz CT molecular complexity index is 698. The van der Waals surface area contributed by atoms with Crippen molar-refractivity contribution < 1.29 is 23.5 Å². The zero-order valence-corrected chi connectivity index (χ0v) is 14.0. The number of amides is 2. The average Bonchev–Trinajstić information content (AvgIpc) is 3.11. The second kappa shape index (κ2) is 8.43. The summed E-state index contributed by atoms with van der Waals surface area (Å²) in [5.41, 5.74) is 0.254. The van der Waals surface area contributed by atoms with Crippen molar-refractivity contribution in [2.45, 2.75) is 25.9 Å². The summed E-state index contributed by atoms with van der Waals surface area (Å²) in [5.74, 6) is -1.14. The van der Waals surface area contributed by atoms with Crippen LogP contribution in [-0.2, 0) is 4.79 Å². The number of carbonyl (C=O) groups excluding carboxylic acids is 2. The Hall–Kier alpha value is -2.67. The highest BCUT2D eigenvalue weighted by Gasteiger charge is 2.27. The molecule has 134 valence electrons. The molecule has 2 amide bonds. The van der Waals surface area contributed by atoms with Crippen molar-refractivity contribution in [3.8, 4) is 0 Å². The summed E-state index contributed by atoms with van der Waals surface area (Å²) in [5, 5.41) is 14.8. The van der Waals surface area contributed by atoms with E-state index in [2.05, 4.69) is 10.6 Å². The van der Waals surface area contributed by atoms with Crippen LogP contribution < -0.4 is 10.6 Å². The Morgan fingerprint density at radius 3 is 2.36 bits per heavy atom. The number of hydrogen-bond acceptors (Lipinski definition) is 4. The molecule has 0 bridgehead atoms. The van der Waals surface area contributed by atoms with Crippen LogP contribution in [-0.4, -0.2) is 29.6 Å². The van der Waals surface area contributed by atoms with Crippen molar-refractivity contribution in [2.24, 2.45) is 5.92 Å². The number of carbonyl (C=O) groups is 2. The van der Waals surface area contributed by atoms with Gasteiger partial charge in [-0.05, 0) is 42.3 Å². The van der Waals surface area contributed by atoms with Crippen LogP contribution in [0, 0.1) is 11.7 Å². The standard InChI is InChI=1S/C18H21FN2O4/c1-11(2)16(21-17(23)12-5-7-13(19)8-6-12)18(24)20-14(10-22)15-4-3-9-25-15/h3-9,11,14,16,22H,10H2,1-2H3,(H,20,24)(H,21,23). The van der Waals surface area contributed by atoms with Gasteiger partial charge >= 0.3 is 0 Å². The van der Waals surface area contributed by atoms with Crippen molar-refractivity contribution in [1.82, 2.24) is 10.6 Å².